The molecule has 2 atom stereocenters. The fourth-order valence-corrected chi connectivity index (χ4v) is 2.45. The molecule has 1 aromatic carbocycles. The molecule has 0 radical (unpaired) electrons. The molecule has 20 heavy (non-hydrogen) atoms. The summed E-state index contributed by atoms with van der Waals surface area (Å²) in [6, 6.07) is 6.33. The molecule has 0 spiro atoms. The van der Waals surface area contributed by atoms with Gasteiger partial charge < -0.3 is 10.1 Å². The van der Waals surface area contributed by atoms with E-state index < -0.39 is 0 Å². The zero-order valence-corrected chi connectivity index (χ0v) is 14.1. The average molecular weight is 318 g/mol. The minimum absolute atomic E-state index is 0.301. The summed E-state index contributed by atoms with van der Waals surface area (Å²) in [6.45, 7) is 5.32. The highest BCUT2D eigenvalue weighted by Gasteiger charge is 2.12. The van der Waals surface area contributed by atoms with Gasteiger partial charge in [-0.25, -0.2) is 0 Å². The van der Waals surface area contributed by atoms with Crippen molar-refractivity contribution in [2.24, 2.45) is 0 Å². The van der Waals surface area contributed by atoms with Crippen molar-refractivity contribution in [3.8, 4) is 0 Å². The Bertz CT molecular complexity index is 398. The van der Waals surface area contributed by atoms with Gasteiger partial charge in [0.05, 0.1) is 16.1 Å². The minimum Gasteiger partial charge on any atom is -0.382 e. The molecule has 1 rings (SSSR count). The lowest BCUT2D eigenvalue weighted by Gasteiger charge is -2.20. The molecule has 0 saturated carbocycles. The predicted octanol–water partition coefficient (Wildman–Crippen LogP) is 4.72. The molecule has 0 heterocycles. The Labute approximate surface area is 132 Å². The molecule has 0 aliphatic heterocycles. The maximum atomic E-state index is 6.08. The van der Waals surface area contributed by atoms with E-state index in [0.29, 0.717) is 22.2 Å². The molecule has 0 aliphatic rings. The monoisotopic (exact) mass is 317 g/mol. The van der Waals surface area contributed by atoms with E-state index in [1.165, 1.54) is 5.56 Å². The number of benzene rings is 1. The molecule has 2 nitrogen and oxygen atoms in total. The van der Waals surface area contributed by atoms with Crippen LogP contribution in [0.25, 0.3) is 0 Å². The first-order valence-corrected chi connectivity index (χ1v) is 8.02. The normalized spacial score (nSPS) is 14.2. The topological polar surface area (TPSA) is 21.3 Å². The van der Waals surface area contributed by atoms with Gasteiger partial charge in [0.1, 0.15) is 0 Å². The number of ether oxygens (including phenoxy) is 1. The first-order chi connectivity index (χ1) is 9.56. The van der Waals surface area contributed by atoms with Crippen LogP contribution in [0.15, 0.2) is 18.2 Å². The SMILES string of the molecule is CCCNC(CCC(C)OC)Cc1ccc(Cl)c(Cl)c1. The van der Waals surface area contributed by atoms with Crippen LogP contribution in [0.4, 0.5) is 0 Å². The number of hydrogen-bond acceptors (Lipinski definition) is 2. The molecule has 114 valence electrons. The zero-order chi connectivity index (χ0) is 15.0. The van der Waals surface area contributed by atoms with Crippen LogP contribution in [0.3, 0.4) is 0 Å². The third-order valence-corrected chi connectivity index (χ3v) is 4.21. The third kappa shape index (κ3) is 6.45. The molecular weight excluding hydrogens is 293 g/mol. The standard InChI is InChI=1S/C16H25Cl2NO/c1-4-9-19-14(7-5-12(2)20-3)10-13-6-8-15(17)16(18)11-13/h6,8,11-12,14,19H,4-5,7,9-10H2,1-3H3. The van der Waals surface area contributed by atoms with E-state index >= 15 is 0 Å². The number of halogens is 2. The van der Waals surface area contributed by atoms with Gasteiger partial charge in [-0.1, -0.05) is 36.2 Å². The molecule has 0 amide bonds. The third-order valence-electron chi connectivity index (χ3n) is 3.47. The van der Waals surface area contributed by atoms with Gasteiger partial charge in [-0.15, -0.1) is 0 Å². The van der Waals surface area contributed by atoms with Crippen molar-refractivity contribution in [1.29, 1.82) is 0 Å². The summed E-state index contributed by atoms with van der Waals surface area (Å²) in [4.78, 5) is 0. The molecule has 4 heteroatoms. The van der Waals surface area contributed by atoms with Crippen LogP contribution >= 0.6 is 23.2 Å². The summed E-state index contributed by atoms with van der Waals surface area (Å²) in [5.74, 6) is 0. The summed E-state index contributed by atoms with van der Waals surface area (Å²) in [5, 5.41) is 4.84. The fourth-order valence-electron chi connectivity index (χ4n) is 2.13. The Morgan fingerprint density at radius 3 is 2.55 bits per heavy atom. The second-order valence-corrected chi connectivity index (χ2v) is 6.04. The van der Waals surface area contributed by atoms with Crippen LogP contribution in [-0.2, 0) is 11.2 Å². The van der Waals surface area contributed by atoms with Crippen molar-refractivity contribution in [2.75, 3.05) is 13.7 Å². The molecule has 1 N–H and O–H groups in total. The predicted molar refractivity (Wildman–Crippen MR) is 88.0 cm³/mol. The van der Waals surface area contributed by atoms with Crippen LogP contribution in [0.1, 0.15) is 38.7 Å². The Morgan fingerprint density at radius 2 is 1.95 bits per heavy atom. The molecule has 0 fully saturated rings. The summed E-state index contributed by atoms with van der Waals surface area (Å²) in [5.41, 5.74) is 1.22. The highest BCUT2D eigenvalue weighted by molar-refractivity contribution is 6.42. The van der Waals surface area contributed by atoms with Crippen molar-refractivity contribution < 1.29 is 4.74 Å². The maximum absolute atomic E-state index is 6.08. The maximum Gasteiger partial charge on any atom is 0.0595 e. The van der Waals surface area contributed by atoms with E-state index in [-0.39, 0.29) is 0 Å². The molecule has 0 aliphatic carbocycles. The quantitative estimate of drug-likeness (QED) is 0.711. The largest absolute Gasteiger partial charge is 0.382 e. The lowest BCUT2D eigenvalue weighted by Crippen LogP contribution is -2.32. The van der Waals surface area contributed by atoms with Gasteiger partial charge >= 0.3 is 0 Å². The first-order valence-electron chi connectivity index (χ1n) is 7.26. The average Bonchev–Trinajstić information content (AvgIpc) is 2.45. The van der Waals surface area contributed by atoms with Crippen LogP contribution in [0, 0.1) is 0 Å². The lowest BCUT2D eigenvalue weighted by atomic mass is 10.00. The zero-order valence-electron chi connectivity index (χ0n) is 12.6. The van der Waals surface area contributed by atoms with Crippen molar-refractivity contribution >= 4 is 23.2 Å². The highest BCUT2D eigenvalue weighted by Crippen LogP contribution is 2.23. The molecule has 2 unspecified atom stereocenters. The highest BCUT2D eigenvalue weighted by atomic mass is 35.5. The van der Waals surface area contributed by atoms with E-state index in [0.717, 1.165) is 32.2 Å². The van der Waals surface area contributed by atoms with Gasteiger partial charge in [-0.3, -0.25) is 0 Å². The van der Waals surface area contributed by atoms with Crippen LogP contribution in [0.5, 0.6) is 0 Å². The van der Waals surface area contributed by atoms with Gasteiger partial charge in [-0.2, -0.15) is 0 Å². The van der Waals surface area contributed by atoms with Crippen LogP contribution < -0.4 is 5.32 Å². The van der Waals surface area contributed by atoms with E-state index in [1.807, 2.05) is 12.1 Å². The summed E-state index contributed by atoms with van der Waals surface area (Å²) >= 11 is 12.0. The Hall–Kier alpha value is -0.280. The van der Waals surface area contributed by atoms with E-state index in [2.05, 4.69) is 25.2 Å². The molecular formula is C16H25Cl2NO. The second kappa shape index (κ2) is 9.62. The Morgan fingerprint density at radius 1 is 1.20 bits per heavy atom. The fraction of sp³-hybridized carbons (Fsp3) is 0.625. The number of nitrogens with one attached hydrogen (secondary N) is 1. The molecule has 0 saturated heterocycles. The second-order valence-electron chi connectivity index (χ2n) is 5.23. The molecule has 0 bridgehead atoms. The van der Waals surface area contributed by atoms with Gasteiger partial charge in [0, 0.05) is 13.2 Å². The summed E-state index contributed by atoms with van der Waals surface area (Å²) < 4.78 is 5.32. The lowest BCUT2D eigenvalue weighted by molar-refractivity contribution is 0.106. The molecule has 1 aromatic rings. The minimum atomic E-state index is 0.301. The number of rotatable bonds is 9. The van der Waals surface area contributed by atoms with Gasteiger partial charge in [0.2, 0.25) is 0 Å². The van der Waals surface area contributed by atoms with Crippen molar-refractivity contribution in [1.82, 2.24) is 5.32 Å². The van der Waals surface area contributed by atoms with Crippen LogP contribution in [0.2, 0.25) is 10.0 Å². The van der Waals surface area contributed by atoms with Crippen LogP contribution in [-0.4, -0.2) is 25.8 Å². The van der Waals surface area contributed by atoms with Crippen molar-refractivity contribution in [3.63, 3.8) is 0 Å². The Kier molecular flexibility index (Phi) is 8.55. The van der Waals surface area contributed by atoms with Crippen molar-refractivity contribution in [3.05, 3.63) is 33.8 Å². The smallest absolute Gasteiger partial charge is 0.0595 e. The van der Waals surface area contributed by atoms with E-state index in [4.69, 9.17) is 27.9 Å². The Balaban J connectivity index is 2.60. The van der Waals surface area contributed by atoms with Gasteiger partial charge in [0.15, 0.2) is 0 Å². The van der Waals surface area contributed by atoms with Crippen molar-refractivity contribution in [2.45, 2.75) is 51.7 Å². The van der Waals surface area contributed by atoms with E-state index in [9.17, 15) is 0 Å². The van der Waals surface area contributed by atoms with Gasteiger partial charge in [0.25, 0.3) is 0 Å². The first kappa shape index (κ1) is 17.8. The molecule has 0 aromatic heterocycles. The van der Waals surface area contributed by atoms with E-state index in [1.54, 1.807) is 7.11 Å². The van der Waals surface area contributed by atoms with Gasteiger partial charge in [-0.05, 0) is 56.8 Å². The summed E-state index contributed by atoms with van der Waals surface area (Å²) in [6.07, 6.45) is 4.55. The number of hydrogen-bond donors (Lipinski definition) is 1. The summed E-state index contributed by atoms with van der Waals surface area (Å²) in [7, 11) is 1.76. The number of methoxy groups -OCH3 is 1.